The standard InChI is InChI=1S/C21H18ClN3O6/c1-2-30-18-11-13(5-9-16-19(25(28)29)20(26)24-21(27)23-16)6-10-17(18)31-12-14-3-7-15(22)8-4-14/h3-11H,2,12H2,1H3,(H2,23,24,26,27)/b9-5-. The van der Waals surface area contributed by atoms with Crippen molar-refractivity contribution in [3.05, 3.63) is 95.3 Å². The van der Waals surface area contributed by atoms with Gasteiger partial charge in [-0.1, -0.05) is 35.9 Å². The van der Waals surface area contributed by atoms with Crippen LogP contribution in [0, 0.1) is 10.1 Å². The Balaban J connectivity index is 1.85. The van der Waals surface area contributed by atoms with Gasteiger partial charge in [-0.05, 0) is 48.4 Å². The molecule has 3 aromatic rings. The topological polar surface area (TPSA) is 127 Å². The van der Waals surface area contributed by atoms with Crippen molar-refractivity contribution in [3.63, 3.8) is 0 Å². The molecule has 0 aliphatic rings. The third-order valence-electron chi connectivity index (χ3n) is 4.15. The lowest BCUT2D eigenvalue weighted by molar-refractivity contribution is -0.386. The monoisotopic (exact) mass is 443 g/mol. The zero-order chi connectivity index (χ0) is 22.4. The first-order chi connectivity index (χ1) is 14.9. The van der Waals surface area contributed by atoms with Crippen molar-refractivity contribution in [3.8, 4) is 11.5 Å². The van der Waals surface area contributed by atoms with E-state index in [0.29, 0.717) is 35.3 Å². The predicted octanol–water partition coefficient (Wildman–Crippen LogP) is 3.77. The molecule has 160 valence electrons. The molecule has 3 rings (SSSR count). The molecule has 0 saturated heterocycles. The molecule has 10 heteroatoms. The van der Waals surface area contributed by atoms with Gasteiger partial charge in [0.2, 0.25) is 0 Å². The SMILES string of the molecule is CCOc1cc(/C=C\c2[nH]c(=O)[nH]c(=O)c2[N+](=O)[O-])ccc1OCc1ccc(Cl)cc1. The van der Waals surface area contributed by atoms with E-state index in [2.05, 4.69) is 4.98 Å². The zero-order valence-corrected chi connectivity index (χ0v) is 17.1. The van der Waals surface area contributed by atoms with E-state index in [1.807, 2.05) is 24.0 Å². The summed E-state index contributed by atoms with van der Waals surface area (Å²) in [6, 6.07) is 12.4. The summed E-state index contributed by atoms with van der Waals surface area (Å²) in [4.78, 5) is 37.6. The van der Waals surface area contributed by atoms with Gasteiger partial charge in [0, 0.05) is 5.02 Å². The number of aromatic nitrogens is 2. The summed E-state index contributed by atoms with van der Waals surface area (Å²) in [5.74, 6) is 0.997. The average Bonchev–Trinajstić information content (AvgIpc) is 2.72. The number of hydrogen-bond donors (Lipinski definition) is 2. The first kappa shape index (κ1) is 21.8. The van der Waals surface area contributed by atoms with Crippen LogP contribution in [0.2, 0.25) is 5.02 Å². The fraction of sp³-hybridized carbons (Fsp3) is 0.143. The summed E-state index contributed by atoms with van der Waals surface area (Å²) in [5, 5.41) is 11.8. The minimum absolute atomic E-state index is 0.209. The molecule has 1 aromatic heterocycles. The molecule has 0 saturated carbocycles. The molecule has 0 bridgehead atoms. The lowest BCUT2D eigenvalue weighted by atomic mass is 10.1. The Morgan fingerprint density at radius 1 is 1.03 bits per heavy atom. The van der Waals surface area contributed by atoms with Crippen LogP contribution in [-0.4, -0.2) is 21.5 Å². The Kier molecular flexibility index (Phi) is 6.88. The number of nitrogens with one attached hydrogen (secondary N) is 2. The Hall–Kier alpha value is -3.85. The minimum atomic E-state index is -1.07. The third-order valence-corrected chi connectivity index (χ3v) is 4.40. The van der Waals surface area contributed by atoms with Gasteiger partial charge in [-0.2, -0.15) is 0 Å². The van der Waals surface area contributed by atoms with Crippen molar-refractivity contribution in [2.24, 2.45) is 0 Å². The second-order valence-corrected chi connectivity index (χ2v) is 6.75. The van der Waals surface area contributed by atoms with Gasteiger partial charge in [-0.15, -0.1) is 0 Å². The van der Waals surface area contributed by atoms with Crippen molar-refractivity contribution >= 4 is 29.4 Å². The lowest BCUT2D eigenvalue weighted by Crippen LogP contribution is -2.25. The van der Waals surface area contributed by atoms with Crippen LogP contribution in [0.5, 0.6) is 11.5 Å². The third kappa shape index (κ3) is 5.61. The Morgan fingerprint density at radius 3 is 2.45 bits per heavy atom. The maximum atomic E-state index is 11.7. The highest BCUT2D eigenvalue weighted by atomic mass is 35.5. The highest BCUT2D eigenvalue weighted by molar-refractivity contribution is 6.30. The molecule has 0 aliphatic carbocycles. The highest BCUT2D eigenvalue weighted by Gasteiger charge is 2.18. The number of nitrogens with zero attached hydrogens (tertiary/aromatic N) is 1. The summed E-state index contributed by atoms with van der Waals surface area (Å²) >= 11 is 5.89. The van der Waals surface area contributed by atoms with E-state index in [-0.39, 0.29) is 5.69 Å². The maximum absolute atomic E-state index is 11.7. The normalized spacial score (nSPS) is 10.9. The molecular formula is C21H18ClN3O6. The van der Waals surface area contributed by atoms with Crippen LogP contribution in [0.25, 0.3) is 12.2 Å². The molecule has 31 heavy (non-hydrogen) atoms. The summed E-state index contributed by atoms with van der Waals surface area (Å²) < 4.78 is 11.5. The van der Waals surface area contributed by atoms with Gasteiger partial charge < -0.3 is 14.5 Å². The summed E-state index contributed by atoms with van der Waals surface area (Å²) in [7, 11) is 0. The summed E-state index contributed by atoms with van der Waals surface area (Å²) in [6.07, 6.45) is 2.80. The smallest absolute Gasteiger partial charge is 0.357 e. The van der Waals surface area contributed by atoms with Crippen LogP contribution in [0.4, 0.5) is 5.69 Å². The molecule has 0 amide bonds. The van der Waals surface area contributed by atoms with Crippen LogP contribution < -0.4 is 20.7 Å². The fourth-order valence-corrected chi connectivity index (χ4v) is 2.86. The Bertz CT molecular complexity index is 1230. The summed E-state index contributed by atoms with van der Waals surface area (Å²) in [6.45, 7) is 2.54. The van der Waals surface area contributed by atoms with Crippen molar-refractivity contribution in [2.45, 2.75) is 13.5 Å². The number of benzene rings is 2. The van der Waals surface area contributed by atoms with Gasteiger partial charge in [0.25, 0.3) is 0 Å². The lowest BCUT2D eigenvalue weighted by Gasteiger charge is -2.13. The Morgan fingerprint density at radius 2 is 1.77 bits per heavy atom. The molecule has 0 fully saturated rings. The van der Waals surface area contributed by atoms with Gasteiger partial charge in [0.1, 0.15) is 12.3 Å². The number of aromatic amines is 2. The zero-order valence-electron chi connectivity index (χ0n) is 16.4. The van der Waals surface area contributed by atoms with Crippen LogP contribution >= 0.6 is 11.6 Å². The van der Waals surface area contributed by atoms with Gasteiger partial charge >= 0.3 is 16.9 Å². The quantitative estimate of drug-likeness (QED) is 0.403. The number of hydrogen-bond acceptors (Lipinski definition) is 6. The van der Waals surface area contributed by atoms with Gasteiger partial charge in [-0.3, -0.25) is 19.9 Å². The molecule has 0 spiro atoms. The molecule has 0 unspecified atom stereocenters. The molecular weight excluding hydrogens is 426 g/mol. The minimum Gasteiger partial charge on any atom is -0.490 e. The van der Waals surface area contributed by atoms with E-state index in [1.54, 1.807) is 30.3 Å². The van der Waals surface area contributed by atoms with Crippen molar-refractivity contribution in [2.75, 3.05) is 6.61 Å². The number of ether oxygens (including phenoxy) is 2. The average molecular weight is 444 g/mol. The highest BCUT2D eigenvalue weighted by Crippen LogP contribution is 2.30. The van der Waals surface area contributed by atoms with E-state index in [9.17, 15) is 19.7 Å². The fourth-order valence-electron chi connectivity index (χ4n) is 2.74. The van der Waals surface area contributed by atoms with Crippen LogP contribution in [-0.2, 0) is 6.61 Å². The first-order valence-corrected chi connectivity index (χ1v) is 9.58. The molecule has 2 aromatic carbocycles. The molecule has 0 radical (unpaired) electrons. The second kappa shape index (κ2) is 9.77. The van der Waals surface area contributed by atoms with Crippen LogP contribution in [0.1, 0.15) is 23.7 Å². The Labute approximate surface area is 181 Å². The number of nitro groups is 1. The van der Waals surface area contributed by atoms with E-state index in [1.165, 1.54) is 12.2 Å². The molecule has 0 atom stereocenters. The molecule has 0 aliphatic heterocycles. The molecule has 2 N–H and O–H groups in total. The van der Waals surface area contributed by atoms with E-state index >= 15 is 0 Å². The molecule has 1 heterocycles. The van der Waals surface area contributed by atoms with Crippen LogP contribution in [0.15, 0.2) is 52.1 Å². The number of halogens is 1. The first-order valence-electron chi connectivity index (χ1n) is 9.20. The van der Waals surface area contributed by atoms with Crippen molar-refractivity contribution in [1.29, 1.82) is 0 Å². The largest absolute Gasteiger partial charge is 0.490 e. The van der Waals surface area contributed by atoms with E-state index < -0.39 is 21.9 Å². The summed E-state index contributed by atoms with van der Waals surface area (Å²) in [5.41, 5.74) is -1.31. The van der Waals surface area contributed by atoms with Crippen LogP contribution in [0.3, 0.4) is 0 Å². The van der Waals surface area contributed by atoms with Gasteiger partial charge in [0.15, 0.2) is 11.5 Å². The molecule has 9 nitrogen and oxygen atoms in total. The predicted molar refractivity (Wildman–Crippen MR) is 117 cm³/mol. The number of rotatable bonds is 8. The van der Waals surface area contributed by atoms with E-state index in [0.717, 1.165) is 5.56 Å². The number of H-pyrrole nitrogens is 2. The maximum Gasteiger partial charge on any atom is 0.357 e. The van der Waals surface area contributed by atoms with E-state index in [4.69, 9.17) is 21.1 Å². The van der Waals surface area contributed by atoms with Gasteiger partial charge in [-0.25, -0.2) is 4.79 Å². The van der Waals surface area contributed by atoms with Gasteiger partial charge in [0.05, 0.1) is 11.5 Å². The van der Waals surface area contributed by atoms with Crippen molar-refractivity contribution < 1.29 is 14.4 Å². The second-order valence-electron chi connectivity index (χ2n) is 6.32. The van der Waals surface area contributed by atoms with Crippen molar-refractivity contribution in [1.82, 2.24) is 9.97 Å².